The fourth-order valence-electron chi connectivity index (χ4n) is 6.45. The van der Waals surface area contributed by atoms with Gasteiger partial charge < -0.3 is 29.7 Å². The lowest BCUT2D eigenvalue weighted by Gasteiger charge is -2.36. The van der Waals surface area contributed by atoms with Crippen molar-refractivity contribution in [1.82, 2.24) is 15.5 Å². The largest absolute Gasteiger partial charge is 0.490 e. The van der Waals surface area contributed by atoms with Gasteiger partial charge in [-0.25, -0.2) is 0 Å². The van der Waals surface area contributed by atoms with E-state index in [0.717, 1.165) is 66.7 Å². The highest BCUT2D eigenvalue weighted by molar-refractivity contribution is 6.37. The number of amides is 2. The number of rotatable bonds is 16. The van der Waals surface area contributed by atoms with Crippen molar-refractivity contribution in [2.24, 2.45) is 5.92 Å². The average molecular weight is 697 g/mol. The van der Waals surface area contributed by atoms with E-state index in [1.54, 1.807) is 7.11 Å². The summed E-state index contributed by atoms with van der Waals surface area (Å²) in [6.45, 7) is 7.68. The molecule has 10 heteroatoms. The molecule has 1 heterocycles. The molecule has 2 aliphatic rings. The molecule has 1 saturated heterocycles. The van der Waals surface area contributed by atoms with Gasteiger partial charge in [0.2, 0.25) is 5.91 Å². The van der Waals surface area contributed by atoms with E-state index in [0.29, 0.717) is 60.8 Å². The van der Waals surface area contributed by atoms with Gasteiger partial charge in [0, 0.05) is 45.0 Å². The molecule has 1 saturated carbocycles. The zero-order valence-electron chi connectivity index (χ0n) is 28.2. The molecule has 1 aliphatic heterocycles. The van der Waals surface area contributed by atoms with Crippen LogP contribution in [-0.2, 0) is 22.5 Å². The summed E-state index contributed by atoms with van der Waals surface area (Å²) in [7, 11) is 1.70. The molecule has 5 rings (SSSR count). The molecule has 2 N–H and O–H groups in total. The quantitative estimate of drug-likeness (QED) is 0.157. The van der Waals surface area contributed by atoms with E-state index in [-0.39, 0.29) is 29.7 Å². The van der Waals surface area contributed by atoms with Gasteiger partial charge in [0.15, 0.2) is 5.75 Å². The Balaban J connectivity index is 1.25. The van der Waals surface area contributed by atoms with E-state index in [1.807, 2.05) is 50.2 Å². The maximum atomic E-state index is 14.3. The highest BCUT2D eigenvalue weighted by atomic mass is 35.5. The van der Waals surface area contributed by atoms with Gasteiger partial charge >= 0.3 is 0 Å². The Morgan fingerprint density at radius 1 is 0.938 bits per heavy atom. The van der Waals surface area contributed by atoms with Crippen molar-refractivity contribution in [2.75, 3.05) is 46.6 Å². The lowest BCUT2D eigenvalue weighted by molar-refractivity contribution is -0.138. The van der Waals surface area contributed by atoms with Crippen LogP contribution < -0.4 is 20.1 Å². The first-order chi connectivity index (χ1) is 23.3. The summed E-state index contributed by atoms with van der Waals surface area (Å²) in [5, 5.41) is 7.35. The number of methoxy groups -OCH3 is 1. The van der Waals surface area contributed by atoms with Crippen LogP contribution in [0.4, 0.5) is 0 Å². The van der Waals surface area contributed by atoms with E-state index in [9.17, 15) is 9.59 Å². The number of hydrogen-bond donors (Lipinski definition) is 2. The van der Waals surface area contributed by atoms with Gasteiger partial charge in [0.25, 0.3) is 5.91 Å². The second-order valence-electron chi connectivity index (χ2n) is 12.7. The summed E-state index contributed by atoms with van der Waals surface area (Å²) in [6.07, 6.45) is 4.56. The summed E-state index contributed by atoms with van der Waals surface area (Å²) in [5.41, 5.74) is 4.81. The molecule has 0 radical (unpaired) electrons. The van der Waals surface area contributed by atoms with Crippen molar-refractivity contribution in [1.29, 1.82) is 0 Å². The van der Waals surface area contributed by atoms with Crippen LogP contribution in [0.1, 0.15) is 71.1 Å². The zero-order chi connectivity index (χ0) is 34.0. The van der Waals surface area contributed by atoms with Gasteiger partial charge in [0.1, 0.15) is 19.0 Å². The monoisotopic (exact) mass is 695 g/mol. The number of halogens is 2. The maximum absolute atomic E-state index is 14.3. The number of ether oxygens (including phenoxy) is 3. The molecule has 8 nitrogen and oxygen atoms in total. The topological polar surface area (TPSA) is 89.1 Å². The third kappa shape index (κ3) is 9.65. The number of carbonyl (C=O) groups is 2. The first kappa shape index (κ1) is 36.0. The standard InChI is InChI=1S/C38H47Cl2N3O5/c1-4-42-37(44)29-21-26(6-5-15-46-3)20-27(22-29)24-43(30-9-10-30)38(45)33-23-41-14-13-32(33)28-7-11-31(12-8-28)47-16-17-48-36-34(39)18-25(2)19-35(36)40/h7-8,11-12,18-22,30,32-33,41H,4-6,9-10,13-17,23-24H2,1-3H3,(H,42,44)/t32-,33+/m1/s1. The second-order valence-corrected chi connectivity index (χ2v) is 13.5. The van der Waals surface area contributed by atoms with E-state index < -0.39 is 0 Å². The summed E-state index contributed by atoms with van der Waals surface area (Å²) in [5.74, 6) is 1.18. The third-order valence-electron chi connectivity index (χ3n) is 8.94. The first-order valence-corrected chi connectivity index (χ1v) is 17.7. The van der Waals surface area contributed by atoms with Crippen LogP contribution >= 0.6 is 23.2 Å². The minimum absolute atomic E-state index is 0.0896. The molecular formula is C38H47Cl2N3O5. The normalized spacial score (nSPS) is 17.5. The molecule has 0 bridgehead atoms. The number of carbonyl (C=O) groups excluding carboxylic acids is 2. The number of piperidine rings is 1. The van der Waals surface area contributed by atoms with Crippen molar-refractivity contribution in [3.8, 4) is 11.5 Å². The Labute approximate surface area is 294 Å². The van der Waals surface area contributed by atoms with Crippen LogP contribution in [0, 0.1) is 12.8 Å². The Kier molecular flexibility index (Phi) is 13.0. The zero-order valence-corrected chi connectivity index (χ0v) is 29.7. The molecule has 2 fully saturated rings. The van der Waals surface area contributed by atoms with Crippen molar-refractivity contribution in [3.05, 3.63) is 92.5 Å². The molecular weight excluding hydrogens is 649 g/mol. The van der Waals surface area contributed by atoms with Crippen LogP contribution in [0.2, 0.25) is 10.0 Å². The summed E-state index contributed by atoms with van der Waals surface area (Å²) in [6, 6.07) is 18.0. The van der Waals surface area contributed by atoms with E-state index in [4.69, 9.17) is 37.4 Å². The molecule has 0 unspecified atom stereocenters. The molecule has 1 aliphatic carbocycles. The van der Waals surface area contributed by atoms with Crippen LogP contribution in [0.5, 0.6) is 11.5 Å². The smallest absolute Gasteiger partial charge is 0.251 e. The lowest BCUT2D eigenvalue weighted by Crippen LogP contribution is -2.47. The fraction of sp³-hybridized carbons (Fsp3) is 0.474. The van der Waals surface area contributed by atoms with Gasteiger partial charge in [-0.1, -0.05) is 41.4 Å². The van der Waals surface area contributed by atoms with Gasteiger partial charge in [-0.15, -0.1) is 0 Å². The molecule has 0 aromatic heterocycles. The Morgan fingerprint density at radius 2 is 1.65 bits per heavy atom. The van der Waals surface area contributed by atoms with Gasteiger partial charge in [-0.05, 0) is 117 Å². The molecule has 2 atom stereocenters. The molecule has 258 valence electrons. The molecule has 48 heavy (non-hydrogen) atoms. The van der Waals surface area contributed by atoms with Gasteiger partial charge in [-0.2, -0.15) is 0 Å². The molecule has 2 amide bonds. The van der Waals surface area contributed by atoms with Crippen LogP contribution in [0.25, 0.3) is 0 Å². The second kappa shape index (κ2) is 17.4. The first-order valence-electron chi connectivity index (χ1n) is 17.0. The number of benzene rings is 3. The summed E-state index contributed by atoms with van der Waals surface area (Å²) < 4.78 is 17.0. The minimum Gasteiger partial charge on any atom is -0.490 e. The number of nitrogens with zero attached hydrogens (tertiary/aromatic N) is 1. The molecule has 3 aromatic carbocycles. The van der Waals surface area contributed by atoms with Gasteiger partial charge in [0.05, 0.1) is 16.0 Å². The number of nitrogens with one attached hydrogen (secondary N) is 2. The highest BCUT2D eigenvalue weighted by Crippen LogP contribution is 2.37. The Morgan fingerprint density at radius 3 is 2.33 bits per heavy atom. The fourth-order valence-corrected chi connectivity index (χ4v) is 7.16. The van der Waals surface area contributed by atoms with Crippen molar-refractivity contribution in [2.45, 2.75) is 64.5 Å². The SMILES string of the molecule is CCNC(=O)c1cc(CCCOC)cc(CN(C(=O)[C@H]2CNCC[C@@H]2c2ccc(OCCOc3c(Cl)cc(C)cc3Cl)cc2)C2CC2)c1. The number of hydrogen-bond acceptors (Lipinski definition) is 6. The third-order valence-corrected chi connectivity index (χ3v) is 9.50. The van der Waals surface area contributed by atoms with E-state index >= 15 is 0 Å². The Hall–Kier alpha value is -3.30. The molecule has 3 aromatic rings. The predicted octanol–water partition coefficient (Wildman–Crippen LogP) is 6.97. The van der Waals surface area contributed by atoms with Crippen LogP contribution in [0.15, 0.2) is 54.6 Å². The molecule has 0 spiro atoms. The summed E-state index contributed by atoms with van der Waals surface area (Å²) >= 11 is 12.6. The van der Waals surface area contributed by atoms with E-state index in [1.165, 1.54) is 0 Å². The minimum atomic E-state index is -0.184. The lowest BCUT2D eigenvalue weighted by atomic mass is 9.80. The van der Waals surface area contributed by atoms with Crippen molar-refractivity contribution in [3.63, 3.8) is 0 Å². The Bertz CT molecular complexity index is 1520. The van der Waals surface area contributed by atoms with Gasteiger partial charge in [-0.3, -0.25) is 9.59 Å². The van der Waals surface area contributed by atoms with Crippen molar-refractivity contribution >= 4 is 35.0 Å². The highest BCUT2D eigenvalue weighted by Gasteiger charge is 2.40. The van der Waals surface area contributed by atoms with Crippen LogP contribution in [-0.4, -0.2) is 69.3 Å². The number of aryl methyl sites for hydroxylation is 2. The predicted molar refractivity (Wildman–Crippen MR) is 191 cm³/mol. The van der Waals surface area contributed by atoms with Crippen LogP contribution in [0.3, 0.4) is 0 Å². The average Bonchev–Trinajstić information content (AvgIpc) is 3.92. The maximum Gasteiger partial charge on any atom is 0.251 e. The summed E-state index contributed by atoms with van der Waals surface area (Å²) in [4.78, 5) is 29.2. The van der Waals surface area contributed by atoms with Crippen molar-refractivity contribution < 1.29 is 23.8 Å². The van der Waals surface area contributed by atoms with E-state index in [2.05, 4.69) is 33.7 Å².